The third-order valence-corrected chi connectivity index (χ3v) is 6.05. The number of likely N-dealkylation sites (N-methyl/N-ethyl adjacent to an activating group) is 1. The Morgan fingerprint density at radius 1 is 1.20 bits per heavy atom. The zero-order valence-electron chi connectivity index (χ0n) is 16.2. The van der Waals surface area contributed by atoms with E-state index in [4.69, 9.17) is 5.73 Å². The number of rotatable bonds is 2. The maximum absolute atomic E-state index is 13.4. The first-order valence-corrected chi connectivity index (χ1v) is 9.19. The van der Waals surface area contributed by atoms with Crippen LogP contribution in [-0.4, -0.2) is 68.5 Å². The topological polar surface area (TPSA) is 161 Å². The van der Waals surface area contributed by atoms with Gasteiger partial charge in [0.15, 0.2) is 11.4 Å². The molecule has 0 saturated heterocycles. The number of Topliss-reactive ketones (excluding diaryl/α,β-unsaturated/α-hetero) is 2. The van der Waals surface area contributed by atoms with Crippen LogP contribution in [0.25, 0.3) is 10.8 Å². The summed E-state index contributed by atoms with van der Waals surface area (Å²) in [5, 5.41) is 43.4. The van der Waals surface area contributed by atoms with Gasteiger partial charge in [0.2, 0.25) is 5.78 Å². The van der Waals surface area contributed by atoms with Gasteiger partial charge in [-0.1, -0.05) is 18.2 Å². The maximum Gasteiger partial charge on any atom is 0.255 e. The summed E-state index contributed by atoms with van der Waals surface area (Å²) in [5.41, 5.74) is 1.83. The number of phenols is 2. The van der Waals surface area contributed by atoms with Gasteiger partial charge in [0, 0.05) is 5.92 Å². The normalized spacial score (nSPS) is 26.1. The Morgan fingerprint density at radius 2 is 1.87 bits per heavy atom. The molecule has 0 aliphatic heterocycles. The van der Waals surface area contributed by atoms with Crippen molar-refractivity contribution in [2.45, 2.75) is 18.1 Å². The Kier molecular flexibility index (Phi) is 4.16. The van der Waals surface area contributed by atoms with Gasteiger partial charge in [-0.2, -0.15) is 0 Å². The zero-order chi connectivity index (χ0) is 22.1. The van der Waals surface area contributed by atoms with Crippen LogP contribution in [0.2, 0.25) is 0 Å². The summed E-state index contributed by atoms with van der Waals surface area (Å²) in [6, 6.07) is 5.02. The molecule has 3 atom stereocenters. The second-order valence-electron chi connectivity index (χ2n) is 7.90. The van der Waals surface area contributed by atoms with Crippen molar-refractivity contribution in [2.75, 3.05) is 14.1 Å². The number of amides is 1. The van der Waals surface area contributed by atoms with Gasteiger partial charge in [0.25, 0.3) is 5.91 Å². The van der Waals surface area contributed by atoms with Gasteiger partial charge in [-0.25, -0.2) is 0 Å². The monoisotopic (exact) mass is 412 g/mol. The highest BCUT2D eigenvalue weighted by atomic mass is 16.3. The summed E-state index contributed by atoms with van der Waals surface area (Å²) < 4.78 is 0. The average molecular weight is 412 g/mol. The minimum Gasteiger partial charge on any atom is -0.508 e. The van der Waals surface area contributed by atoms with Crippen LogP contribution in [-0.2, 0) is 16.0 Å². The van der Waals surface area contributed by atoms with Crippen molar-refractivity contribution in [1.82, 2.24) is 4.90 Å². The number of phenolic OH excluding ortho intramolecular Hbond substituents is 2. The fraction of sp³-hybridized carbons (Fsp3) is 0.286. The lowest BCUT2D eigenvalue weighted by Crippen LogP contribution is -2.64. The minimum absolute atomic E-state index is 0.0151. The lowest BCUT2D eigenvalue weighted by atomic mass is 9.62. The zero-order valence-corrected chi connectivity index (χ0v) is 16.2. The van der Waals surface area contributed by atoms with E-state index in [0.717, 1.165) is 0 Å². The molecule has 156 valence electrons. The third kappa shape index (κ3) is 2.33. The number of benzene rings is 2. The van der Waals surface area contributed by atoms with Gasteiger partial charge in [0.05, 0.1) is 17.0 Å². The third-order valence-electron chi connectivity index (χ3n) is 6.05. The molecule has 0 aromatic heterocycles. The Balaban J connectivity index is 2.07. The number of primary amides is 1. The number of hydrogen-bond acceptors (Lipinski definition) is 8. The SMILES string of the molecule is CN(C)[C@H]1C(=O)C(C(N)=O)=C(O)[C@@]2(O)C(=O)c3c(cc4cccc(O)c4c3O)C[C@@H]12. The number of carbonyl (C=O) groups excluding carboxylic acids is 3. The highest BCUT2D eigenvalue weighted by Crippen LogP contribution is 2.49. The van der Waals surface area contributed by atoms with Crippen molar-refractivity contribution in [2.24, 2.45) is 11.7 Å². The summed E-state index contributed by atoms with van der Waals surface area (Å²) in [5.74, 6) is -6.20. The van der Waals surface area contributed by atoms with Crippen molar-refractivity contribution in [3.63, 3.8) is 0 Å². The van der Waals surface area contributed by atoms with E-state index in [1.807, 2.05) is 0 Å². The van der Waals surface area contributed by atoms with Crippen LogP contribution >= 0.6 is 0 Å². The lowest BCUT2D eigenvalue weighted by molar-refractivity contribution is -0.132. The first-order chi connectivity index (χ1) is 14.0. The van der Waals surface area contributed by atoms with E-state index in [0.29, 0.717) is 10.9 Å². The van der Waals surface area contributed by atoms with Crippen molar-refractivity contribution in [3.05, 3.63) is 46.7 Å². The van der Waals surface area contributed by atoms with E-state index in [-0.39, 0.29) is 23.1 Å². The van der Waals surface area contributed by atoms with Gasteiger partial charge in [-0.15, -0.1) is 0 Å². The maximum atomic E-state index is 13.4. The van der Waals surface area contributed by atoms with E-state index in [9.17, 15) is 34.8 Å². The standard InChI is InChI=1S/C21H20N2O7/c1-23(2)15-10-7-9-6-8-4-3-5-11(24)12(8)16(25)13(9)18(27)21(10,30)19(28)14(17(15)26)20(22)29/h3-6,10,15,24-25,28,30H,7H2,1-2H3,(H2,22,29)/t10-,15+,21-/m0/s1. The number of carbonyl (C=O) groups is 3. The first kappa shape index (κ1) is 19.9. The van der Waals surface area contributed by atoms with Crippen molar-refractivity contribution in [3.8, 4) is 11.5 Å². The second kappa shape index (κ2) is 6.28. The molecule has 6 N–H and O–H groups in total. The number of aromatic hydroxyl groups is 2. The van der Waals surface area contributed by atoms with Gasteiger partial charge < -0.3 is 26.2 Å². The van der Waals surface area contributed by atoms with Crippen molar-refractivity contribution in [1.29, 1.82) is 0 Å². The Bertz CT molecular complexity index is 1180. The molecule has 9 nitrogen and oxygen atoms in total. The van der Waals surface area contributed by atoms with E-state index in [2.05, 4.69) is 0 Å². The van der Waals surface area contributed by atoms with Gasteiger partial charge in [0.1, 0.15) is 22.8 Å². The molecule has 2 aliphatic rings. The molecule has 0 radical (unpaired) electrons. The molecule has 9 heteroatoms. The fourth-order valence-electron chi connectivity index (χ4n) is 4.72. The molecule has 0 saturated carbocycles. The van der Waals surface area contributed by atoms with Crippen LogP contribution < -0.4 is 5.73 Å². The molecule has 4 rings (SSSR count). The number of aliphatic hydroxyl groups is 2. The van der Waals surface area contributed by atoms with E-state index in [1.54, 1.807) is 32.3 Å². The van der Waals surface area contributed by atoms with Crippen LogP contribution in [0.15, 0.2) is 35.6 Å². The summed E-state index contributed by atoms with van der Waals surface area (Å²) in [7, 11) is 3.08. The van der Waals surface area contributed by atoms with Crippen LogP contribution in [0.4, 0.5) is 0 Å². The summed E-state index contributed by atoms with van der Waals surface area (Å²) >= 11 is 0. The number of aliphatic hydroxyl groups excluding tert-OH is 1. The summed E-state index contributed by atoms with van der Waals surface area (Å²) in [6.45, 7) is 0. The predicted octanol–water partition coefficient (Wildman–Crippen LogP) is 0.147. The highest BCUT2D eigenvalue weighted by molar-refractivity contribution is 6.24. The average Bonchev–Trinajstić information content (AvgIpc) is 2.64. The molecule has 0 spiro atoms. The molecule has 1 amide bonds. The van der Waals surface area contributed by atoms with Gasteiger partial charge in [-0.05, 0) is 37.5 Å². The van der Waals surface area contributed by atoms with Crippen LogP contribution in [0.1, 0.15) is 15.9 Å². The van der Waals surface area contributed by atoms with Crippen molar-refractivity contribution >= 4 is 28.2 Å². The molecule has 0 heterocycles. The van der Waals surface area contributed by atoms with Gasteiger partial charge >= 0.3 is 0 Å². The number of nitrogens with zero attached hydrogens (tertiary/aromatic N) is 1. The summed E-state index contributed by atoms with van der Waals surface area (Å²) in [4.78, 5) is 39.6. The molecule has 2 aromatic carbocycles. The van der Waals surface area contributed by atoms with E-state index in [1.165, 1.54) is 11.0 Å². The van der Waals surface area contributed by atoms with E-state index < -0.39 is 52.1 Å². The van der Waals surface area contributed by atoms with Crippen LogP contribution in [0, 0.1) is 5.92 Å². The Labute approximate surface area is 170 Å². The molecular weight excluding hydrogens is 392 g/mol. The van der Waals surface area contributed by atoms with Crippen LogP contribution in [0.5, 0.6) is 11.5 Å². The quantitative estimate of drug-likeness (QED) is 0.435. The molecule has 0 unspecified atom stereocenters. The second-order valence-corrected chi connectivity index (χ2v) is 7.90. The fourth-order valence-corrected chi connectivity index (χ4v) is 4.72. The minimum atomic E-state index is -2.64. The molecule has 0 bridgehead atoms. The molecule has 2 aromatic rings. The number of fused-ring (bicyclic) bond motifs is 3. The Morgan fingerprint density at radius 3 is 2.47 bits per heavy atom. The molecule has 2 aliphatic carbocycles. The largest absolute Gasteiger partial charge is 0.508 e. The van der Waals surface area contributed by atoms with E-state index >= 15 is 0 Å². The predicted molar refractivity (Wildman–Crippen MR) is 105 cm³/mol. The molecule has 0 fully saturated rings. The van der Waals surface area contributed by atoms with Crippen molar-refractivity contribution < 1.29 is 34.8 Å². The number of hydrogen-bond donors (Lipinski definition) is 5. The number of nitrogens with two attached hydrogens (primary N) is 1. The Hall–Kier alpha value is -3.43. The number of ketones is 2. The molecular formula is C21H20N2O7. The molecule has 30 heavy (non-hydrogen) atoms. The first-order valence-electron chi connectivity index (χ1n) is 9.19. The highest BCUT2D eigenvalue weighted by Gasteiger charge is 2.62. The van der Waals surface area contributed by atoms with Crippen LogP contribution in [0.3, 0.4) is 0 Å². The smallest absolute Gasteiger partial charge is 0.255 e. The summed E-state index contributed by atoms with van der Waals surface area (Å²) in [6.07, 6.45) is -0.0541. The van der Waals surface area contributed by atoms with Gasteiger partial charge in [-0.3, -0.25) is 19.3 Å². The lowest BCUT2D eigenvalue weighted by Gasteiger charge is -2.47.